The third kappa shape index (κ3) is 7.32. The van der Waals surface area contributed by atoms with Gasteiger partial charge in [0.05, 0.1) is 0 Å². The summed E-state index contributed by atoms with van der Waals surface area (Å²) in [6.07, 6.45) is 1.65. The van der Waals surface area contributed by atoms with Crippen molar-refractivity contribution in [1.82, 2.24) is 15.5 Å². The zero-order valence-electron chi connectivity index (χ0n) is 16.3. The van der Waals surface area contributed by atoms with E-state index in [1.807, 2.05) is 34.6 Å². The minimum Gasteiger partial charge on any atom is -0.444 e. The first-order valence-electron chi connectivity index (χ1n) is 9.12. The van der Waals surface area contributed by atoms with E-state index in [-0.39, 0.29) is 29.9 Å². The number of hydrogen-bond acceptors (Lipinski definition) is 4. The van der Waals surface area contributed by atoms with Crippen LogP contribution in [0.1, 0.15) is 60.8 Å². The fourth-order valence-electron chi connectivity index (χ4n) is 2.52. The van der Waals surface area contributed by atoms with E-state index < -0.39 is 11.6 Å². The monoisotopic (exact) mass is 355 g/mol. The molecule has 0 aromatic heterocycles. The second-order valence-corrected chi connectivity index (χ2v) is 7.79. The zero-order valence-corrected chi connectivity index (χ0v) is 16.3. The van der Waals surface area contributed by atoms with Crippen molar-refractivity contribution in [3.8, 4) is 0 Å². The molecular formula is C18H33N3O4. The number of carbonyl (C=O) groups excluding carboxylic acids is 3. The first-order chi connectivity index (χ1) is 11.5. The summed E-state index contributed by atoms with van der Waals surface area (Å²) in [6.45, 7) is 12.1. The van der Waals surface area contributed by atoms with E-state index in [2.05, 4.69) is 10.6 Å². The Morgan fingerprint density at radius 3 is 2.16 bits per heavy atom. The average molecular weight is 355 g/mol. The average Bonchev–Trinajstić information content (AvgIpc) is 2.53. The lowest BCUT2D eigenvalue weighted by Crippen LogP contribution is -2.50. The molecule has 7 nitrogen and oxygen atoms in total. The van der Waals surface area contributed by atoms with Crippen LogP contribution in [0.25, 0.3) is 0 Å². The van der Waals surface area contributed by atoms with Crippen molar-refractivity contribution in [3.63, 3.8) is 0 Å². The lowest BCUT2D eigenvalue weighted by Gasteiger charge is -2.33. The summed E-state index contributed by atoms with van der Waals surface area (Å²) in [4.78, 5) is 38.0. The molecule has 1 aliphatic heterocycles. The summed E-state index contributed by atoms with van der Waals surface area (Å²) in [5.41, 5.74) is -0.524. The lowest BCUT2D eigenvalue weighted by molar-refractivity contribution is -0.131. The Balaban J connectivity index is 2.42. The highest BCUT2D eigenvalue weighted by Gasteiger charge is 2.31. The molecule has 0 spiro atoms. The number of likely N-dealkylation sites (tertiary alicyclic amines) is 1. The van der Waals surface area contributed by atoms with E-state index in [1.165, 1.54) is 0 Å². The maximum atomic E-state index is 12.3. The van der Waals surface area contributed by atoms with Crippen molar-refractivity contribution in [2.75, 3.05) is 13.1 Å². The highest BCUT2D eigenvalue weighted by Crippen LogP contribution is 2.20. The molecule has 1 rings (SSSR count). The summed E-state index contributed by atoms with van der Waals surface area (Å²) in [5.74, 6) is -0.484. The molecule has 1 saturated heterocycles. The van der Waals surface area contributed by atoms with E-state index in [0.717, 1.165) is 6.42 Å². The van der Waals surface area contributed by atoms with Crippen LogP contribution >= 0.6 is 0 Å². The van der Waals surface area contributed by atoms with Crippen molar-refractivity contribution in [2.45, 2.75) is 78.5 Å². The van der Waals surface area contributed by atoms with Crippen molar-refractivity contribution in [3.05, 3.63) is 0 Å². The Morgan fingerprint density at radius 2 is 1.68 bits per heavy atom. The summed E-state index contributed by atoms with van der Waals surface area (Å²) < 4.78 is 5.35. The Labute approximate surface area is 150 Å². The number of nitrogens with zero attached hydrogens (tertiary/aromatic N) is 1. The van der Waals surface area contributed by atoms with E-state index in [9.17, 15) is 14.4 Å². The molecule has 0 aromatic rings. The van der Waals surface area contributed by atoms with Gasteiger partial charge in [-0.1, -0.05) is 6.92 Å². The molecule has 2 unspecified atom stereocenters. The number of piperidine rings is 1. The van der Waals surface area contributed by atoms with Crippen LogP contribution in [-0.4, -0.2) is 53.6 Å². The van der Waals surface area contributed by atoms with Crippen molar-refractivity contribution >= 4 is 17.9 Å². The molecule has 0 bridgehead atoms. The lowest BCUT2D eigenvalue weighted by atomic mass is 9.96. The van der Waals surface area contributed by atoms with Crippen LogP contribution in [0.5, 0.6) is 0 Å². The fraction of sp³-hybridized carbons (Fsp3) is 0.833. The second-order valence-electron chi connectivity index (χ2n) is 7.79. The maximum Gasteiger partial charge on any atom is 0.410 e. The highest BCUT2D eigenvalue weighted by molar-refractivity contribution is 5.88. The summed E-state index contributed by atoms with van der Waals surface area (Å²) in [7, 11) is 0. The number of amides is 3. The molecule has 25 heavy (non-hydrogen) atoms. The van der Waals surface area contributed by atoms with Crippen LogP contribution < -0.4 is 10.6 Å². The van der Waals surface area contributed by atoms with Gasteiger partial charge >= 0.3 is 6.09 Å². The van der Waals surface area contributed by atoms with Crippen LogP contribution in [0, 0.1) is 5.92 Å². The van der Waals surface area contributed by atoms with Crippen molar-refractivity contribution in [1.29, 1.82) is 0 Å². The SMILES string of the molecule is CCC(C)NC(=O)C(C)NC(=O)C1CCN(C(=O)OC(C)(C)C)CC1. The van der Waals surface area contributed by atoms with E-state index in [1.54, 1.807) is 11.8 Å². The van der Waals surface area contributed by atoms with Gasteiger partial charge in [-0.15, -0.1) is 0 Å². The van der Waals surface area contributed by atoms with Crippen LogP contribution in [0.3, 0.4) is 0 Å². The van der Waals surface area contributed by atoms with Gasteiger partial charge in [-0.25, -0.2) is 4.79 Å². The number of ether oxygens (including phenoxy) is 1. The van der Waals surface area contributed by atoms with Crippen LogP contribution in [-0.2, 0) is 14.3 Å². The summed E-state index contributed by atoms with van der Waals surface area (Å²) in [5, 5.41) is 5.63. The minimum absolute atomic E-state index is 0.0870. The fourth-order valence-corrected chi connectivity index (χ4v) is 2.52. The molecule has 0 radical (unpaired) electrons. The highest BCUT2D eigenvalue weighted by atomic mass is 16.6. The predicted octanol–water partition coefficient (Wildman–Crippen LogP) is 2.05. The Bertz CT molecular complexity index is 479. The Hall–Kier alpha value is -1.79. The first kappa shape index (κ1) is 21.3. The van der Waals surface area contributed by atoms with E-state index >= 15 is 0 Å². The third-order valence-electron chi connectivity index (χ3n) is 4.27. The summed E-state index contributed by atoms with van der Waals surface area (Å²) >= 11 is 0. The van der Waals surface area contributed by atoms with Crippen LogP contribution in [0.2, 0.25) is 0 Å². The van der Waals surface area contributed by atoms with Crippen LogP contribution in [0.15, 0.2) is 0 Å². The van der Waals surface area contributed by atoms with E-state index in [4.69, 9.17) is 4.74 Å². The van der Waals surface area contributed by atoms with Gasteiger partial charge in [0, 0.05) is 25.0 Å². The van der Waals surface area contributed by atoms with Gasteiger partial charge in [0.15, 0.2) is 0 Å². The zero-order chi connectivity index (χ0) is 19.2. The molecule has 2 atom stereocenters. The molecule has 1 heterocycles. The number of hydrogen-bond donors (Lipinski definition) is 2. The topological polar surface area (TPSA) is 87.7 Å². The molecule has 7 heteroatoms. The second kappa shape index (κ2) is 9.06. The third-order valence-corrected chi connectivity index (χ3v) is 4.27. The Kier molecular flexibility index (Phi) is 7.70. The molecule has 0 aromatic carbocycles. The number of nitrogens with one attached hydrogen (secondary N) is 2. The molecule has 0 saturated carbocycles. The van der Waals surface area contributed by atoms with Gasteiger partial charge in [0.2, 0.25) is 11.8 Å². The molecule has 144 valence electrons. The molecule has 3 amide bonds. The smallest absolute Gasteiger partial charge is 0.410 e. The molecule has 1 fully saturated rings. The van der Waals surface area contributed by atoms with Gasteiger partial charge in [-0.05, 0) is 53.9 Å². The number of rotatable bonds is 5. The van der Waals surface area contributed by atoms with Gasteiger partial charge < -0.3 is 20.3 Å². The number of carbonyl (C=O) groups is 3. The van der Waals surface area contributed by atoms with E-state index in [0.29, 0.717) is 25.9 Å². The molecule has 2 N–H and O–H groups in total. The standard InChI is InChI=1S/C18H33N3O4/c1-7-12(2)19-15(22)13(3)20-16(23)14-8-10-21(11-9-14)17(24)25-18(4,5)6/h12-14H,7-11H2,1-6H3,(H,19,22)(H,20,23). The van der Waals surface area contributed by atoms with Gasteiger partial charge in [0.1, 0.15) is 11.6 Å². The van der Waals surface area contributed by atoms with Crippen molar-refractivity contribution in [2.24, 2.45) is 5.92 Å². The molecule has 0 aliphatic carbocycles. The molecule has 1 aliphatic rings. The molecular weight excluding hydrogens is 322 g/mol. The minimum atomic E-state index is -0.564. The predicted molar refractivity (Wildman–Crippen MR) is 96.0 cm³/mol. The quantitative estimate of drug-likeness (QED) is 0.790. The van der Waals surface area contributed by atoms with Crippen molar-refractivity contribution < 1.29 is 19.1 Å². The Morgan fingerprint density at radius 1 is 1.12 bits per heavy atom. The maximum absolute atomic E-state index is 12.3. The van der Waals surface area contributed by atoms with Gasteiger partial charge in [-0.2, -0.15) is 0 Å². The summed E-state index contributed by atoms with van der Waals surface area (Å²) in [6, 6.07) is -0.477. The first-order valence-corrected chi connectivity index (χ1v) is 9.12. The largest absolute Gasteiger partial charge is 0.444 e. The van der Waals surface area contributed by atoms with Crippen LogP contribution in [0.4, 0.5) is 4.79 Å². The van der Waals surface area contributed by atoms with Gasteiger partial charge in [-0.3, -0.25) is 9.59 Å². The van der Waals surface area contributed by atoms with Gasteiger partial charge in [0.25, 0.3) is 0 Å². The normalized spacial score (nSPS) is 18.2.